The van der Waals surface area contributed by atoms with Gasteiger partial charge in [0.05, 0.1) is 0 Å². The molecule has 4 rings (SSSR count). The number of carbonyl (C=O) groups excluding carboxylic acids is 1. The molecule has 0 radical (unpaired) electrons. The van der Waals surface area contributed by atoms with Crippen LogP contribution in [0.1, 0.15) is 5.56 Å². The topological polar surface area (TPSA) is 35.9 Å². The summed E-state index contributed by atoms with van der Waals surface area (Å²) in [6, 6.07) is 17.2. The first-order valence-corrected chi connectivity index (χ1v) is 11.3. The van der Waals surface area contributed by atoms with Gasteiger partial charge in [0.15, 0.2) is 0 Å². The van der Waals surface area contributed by atoms with E-state index in [9.17, 15) is 4.79 Å². The molecule has 2 aromatic carbocycles. The number of anilines is 1. The maximum absolute atomic E-state index is 13.1. The first-order valence-electron chi connectivity index (χ1n) is 8.50. The molecule has 1 amide bonds. The number of hydrogen-bond donors (Lipinski definition) is 0. The summed E-state index contributed by atoms with van der Waals surface area (Å²) in [7, 11) is 0. The Hall–Kier alpha value is -2.07. The van der Waals surface area contributed by atoms with E-state index in [4.69, 9.17) is 16.6 Å². The van der Waals surface area contributed by atoms with Gasteiger partial charge < -0.3 is 0 Å². The van der Waals surface area contributed by atoms with E-state index < -0.39 is 0 Å². The van der Waals surface area contributed by atoms with Gasteiger partial charge in [-0.05, 0) is 0 Å². The van der Waals surface area contributed by atoms with Gasteiger partial charge in [0.2, 0.25) is 0 Å². The number of aliphatic imine (C=N–C) groups is 1. The van der Waals surface area contributed by atoms with Crippen LogP contribution in [0.4, 0.5) is 5.69 Å². The molecule has 1 saturated heterocycles. The Bertz CT molecular complexity index is 858. The molecular formula is C20H18ClN3OSe. The molecule has 0 atom stereocenters. The summed E-state index contributed by atoms with van der Waals surface area (Å²) in [6.07, 6.45) is 1.85. The van der Waals surface area contributed by atoms with E-state index in [1.807, 2.05) is 48.5 Å². The number of hydrogen-bond acceptors (Lipinski definition) is 3. The molecule has 2 heterocycles. The molecule has 0 bridgehead atoms. The molecule has 0 aromatic heterocycles. The predicted octanol–water partition coefficient (Wildman–Crippen LogP) is 3.94. The fourth-order valence-corrected chi connectivity index (χ4v) is 5.03. The summed E-state index contributed by atoms with van der Waals surface area (Å²) in [6.45, 7) is 1.91. The second-order valence-corrected chi connectivity index (χ2v) is 9.07. The third-order valence-electron chi connectivity index (χ3n) is 4.32. The summed E-state index contributed by atoms with van der Waals surface area (Å²) < 4.78 is 0. The van der Waals surface area contributed by atoms with Gasteiger partial charge in [-0.2, -0.15) is 0 Å². The van der Waals surface area contributed by atoms with Crippen LogP contribution in [0.3, 0.4) is 0 Å². The predicted molar refractivity (Wildman–Crippen MR) is 108 cm³/mol. The quantitative estimate of drug-likeness (QED) is 0.534. The van der Waals surface area contributed by atoms with Crippen molar-refractivity contribution in [2.24, 2.45) is 4.99 Å². The van der Waals surface area contributed by atoms with Crippen molar-refractivity contribution in [1.29, 1.82) is 0 Å². The SMILES string of the molecule is O=C1/C(=C/c2ccccc2)N=C(N2CC[Se]CC2)N1c1ccc(Cl)cc1. The van der Waals surface area contributed by atoms with E-state index >= 15 is 0 Å². The van der Waals surface area contributed by atoms with Gasteiger partial charge in [0.1, 0.15) is 0 Å². The van der Waals surface area contributed by atoms with Gasteiger partial charge in [-0.3, -0.25) is 0 Å². The van der Waals surface area contributed by atoms with Crippen molar-refractivity contribution < 1.29 is 4.79 Å². The van der Waals surface area contributed by atoms with Crippen LogP contribution in [0, 0.1) is 0 Å². The first-order chi connectivity index (χ1) is 12.7. The summed E-state index contributed by atoms with van der Waals surface area (Å²) >= 11 is 6.72. The van der Waals surface area contributed by atoms with Crippen molar-refractivity contribution in [2.45, 2.75) is 10.6 Å². The van der Waals surface area contributed by atoms with E-state index in [1.165, 1.54) is 10.6 Å². The van der Waals surface area contributed by atoms with E-state index in [-0.39, 0.29) is 5.91 Å². The third kappa shape index (κ3) is 3.56. The van der Waals surface area contributed by atoms with Crippen molar-refractivity contribution in [1.82, 2.24) is 4.90 Å². The molecule has 0 unspecified atom stereocenters. The zero-order chi connectivity index (χ0) is 17.9. The molecular weight excluding hydrogens is 413 g/mol. The molecule has 26 heavy (non-hydrogen) atoms. The number of guanidine groups is 1. The minimum absolute atomic E-state index is 0.0951. The van der Waals surface area contributed by atoms with Crippen LogP contribution >= 0.6 is 11.6 Å². The number of carbonyl (C=O) groups is 1. The molecule has 2 aliphatic heterocycles. The van der Waals surface area contributed by atoms with Crippen molar-refractivity contribution in [3.8, 4) is 0 Å². The Kier molecular flexibility index (Phi) is 5.11. The van der Waals surface area contributed by atoms with E-state index in [1.54, 1.807) is 17.0 Å². The molecule has 0 spiro atoms. The minimum atomic E-state index is -0.0951. The van der Waals surface area contributed by atoms with Crippen LogP contribution in [-0.2, 0) is 4.79 Å². The number of rotatable bonds is 2. The zero-order valence-corrected chi connectivity index (χ0v) is 16.6. The summed E-state index contributed by atoms with van der Waals surface area (Å²) in [4.78, 5) is 21.8. The first kappa shape index (κ1) is 17.3. The molecule has 0 aliphatic carbocycles. The van der Waals surface area contributed by atoms with Crippen molar-refractivity contribution in [3.05, 3.63) is 70.9 Å². The van der Waals surface area contributed by atoms with Gasteiger partial charge in [-0.1, -0.05) is 0 Å². The van der Waals surface area contributed by atoms with Crippen LogP contribution in [0.25, 0.3) is 6.08 Å². The Morgan fingerprint density at radius 1 is 1.00 bits per heavy atom. The average molecular weight is 431 g/mol. The van der Waals surface area contributed by atoms with E-state index in [0.717, 1.165) is 30.3 Å². The number of amides is 1. The normalized spacial score (nSPS) is 19.2. The van der Waals surface area contributed by atoms with E-state index in [0.29, 0.717) is 25.7 Å². The van der Waals surface area contributed by atoms with Gasteiger partial charge in [-0.15, -0.1) is 0 Å². The second kappa shape index (κ2) is 7.66. The van der Waals surface area contributed by atoms with Crippen molar-refractivity contribution in [3.63, 3.8) is 0 Å². The molecule has 2 aliphatic rings. The summed E-state index contributed by atoms with van der Waals surface area (Å²) in [5, 5.41) is 3.03. The van der Waals surface area contributed by atoms with Crippen molar-refractivity contribution >= 4 is 50.2 Å². The van der Waals surface area contributed by atoms with Crippen LogP contribution in [-0.4, -0.2) is 44.8 Å². The second-order valence-electron chi connectivity index (χ2n) is 6.07. The molecule has 2 aromatic rings. The Morgan fingerprint density at radius 3 is 2.38 bits per heavy atom. The van der Waals surface area contributed by atoms with E-state index in [2.05, 4.69) is 4.90 Å². The molecule has 4 nitrogen and oxygen atoms in total. The Morgan fingerprint density at radius 2 is 1.69 bits per heavy atom. The monoisotopic (exact) mass is 431 g/mol. The fraction of sp³-hybridized carbons (Fsp3) is 0.200. The summed E-state index contributed by atoms with van der Waals surface area (Å²) in [5.74, 6) is 0.636. The number of nitrogens with zero attached hydrogens (tertiary/aromatic N) is 3. The van der Waals surface area contributed by atoms with Gasteiger partial charge in [-0.25, -0.2) is 0 Å². The zero-order valence-electron chi connectivity index (χ0n) is 14.1. The van der Waals surface area contributed by atoms with Crippen LogP contribution in [0.5, 0.6) is 0 Å². The van der Waals surface area contributed by atoms with Crippen LogP contribution < -0.4 is 4.90 Å². The van der Waals surface area contributed by atoms with Gasteiger partial charge in [0, 0.05) is 0 Å². The van der Waals surface area contributed by atoms with Gasteiger partial charge >= 0.3 is 164 Å². The fourth-order valence-electron chi connectivity index (χ4n) is 3.01. The Balaban J connectivity index is 1.73. The molecule has 0 N–H and O–H groups in total. The maximum atomic E-state index is 13.1. The summed E-state index contributed by atoms with van der Waals surface area (Å²) in [5.41, 5.74) is 2.24. The Labute approximate surface area is 164 Å². The molecule has 0 saturated carbocycles. The molecule has 6 heteroatoms. The van der Waals surface area contributed by atoms with Crippen LogP contribution in [0.2, 0.25) is 15.7 Å². The average Bonchev–Trinajstić information content (AvgIpc) is 3.00. The van der Waals surface area contributed by atoms with Crippen LogP contribution in [0.15, 0.2) is 65.3 Å². The molecule has 1 fully saturated rings. The third-order valence-corrected chi connectivity index (χ3v) is 6.55. The molecule has 132 valence electrons. The number of halogens is 1. The standard InChI is InChI=1S/C20H18ClN3OSe/c21-16-6-8-17(9-7-16)24-19(25)18(14-15-4-2-1-3-5-15)22-20(24)23-10-12-26-13-11-23/h1-9,14H,10-13H2/b18-14-. The number of benzene rings is 2. The van der Waals surface area contributed by atoms with Crippen molar-refractivity contribution in [2.75, 3.05) is 18.0 Å². The van der Waals surface area contributed by atoms with Gasteiger partial charge in [0.25, 0.3) is 0 Å².